The SMILES string of the molecule is Cc1ccc(NC=O)cc1-c1cnc(C#CC2CCNCC2)c(N2CCOCC2)c1.Cc1ccnc(C(F)(F)F)c1. The maximum atomic E-state index is 11.9. The number of pyridine rings is 2. The van der Waals surface area contributed by atoms with Gasteiger partial charge in [0.25, 0.3) is 0 Å². The second-order valence-electron chi connectivity index (χ2n) is 9.99. The summed E-state index contributed by atoms with van der Waals surface area (Å²) in [6, 6.07) is 10.6. The van der Waals surface area contributed by atoms with Gasteiger partial charge in [-0.05, 0) is 92.7 Å². The van der Waals surface area contributed by atoms with Gasteiger partial charge in [-0.1, -0.05) is 12.0 Å². The van der Waals surface area contributed by atoms with Gasteiger partial charge >= 0.3 is 6.18 Å². The van der Waals surface area contributed by atoms with E-state index in [9.17, 15) is 18.0 Å². The molecule has 2 aliphatic rings. The number of benzene rings is 1. The third-order valence-electron chi connectivity index (χ3n) is 6.93. The van der Waals surface area contributed by atoms with E-state index in [2.05, 4.69) is 45.3 Å². The van der Waals surface area contributed by atoms with Crippen LogP contribution in [0.1, 0.15) is 35.4 Å². The molecule has 1 aromatic carbocycles. The lowest BCUT2D eigenvalue weighted by Gasteiger charge is -2.29. The molecule has 0 unspecified atom stereocenters. The zero-order valence-electron chi connectivity index (χ0n) is 23.2. The number of piperidine rings is 1. The van der Waals surface area contributed by atoms with Crippen LogP contribution in [-0.4, -0.2) is 55.8 Å². The van der Waals surface area contributed by atoms with Crippen molar-refractivity contribution in [2.24, 2.45) is 5.92 Å². The van der Waals surface area contributed by atoms with Gasteiger partial charge in [0.15, 0.2) is 0 Å². The molecule has 0 aliphatic carbocycles. The van der Waals surface area contributed by atoms with Gasteiger partial charge in [-0.3, -0.25) is 9.78 Å². The molecule has 2 aromatic heterocycles. The Morgan fingerprint density at radius 1 is 1.07 bits per heavy atom. The molecule has 0 bridgehead atoms. The Hall–Kier alpha value is -3.94. The number of rotatable bonds is 4. The number of aryl methyl sites for hydroxylation is 2. The highest BCUT2D eigenvalue weighted by Gasteiger charge is 2.32. The Morgan fingerprint density at radius 2 is 1.83 bits per heavy atom. The molecule has 2 saturated heterocycles. The molecule has 0 saturated carbocycles. The van der Waals surface area contributed by atoms with Gasteiger partial charge in [0.1, 0.15) is 11.4 Å². The zero-order chi connectivity index (χ0) is 29.2. The van der Waals surface area contributed by atoms with Crippen molar-refractivity contribution in [2.75, 3.05) is 49.6 Å². The number of hydrogen-bond donors (Lipinski definition) is 2. The molecular weight excluding hydrogens is 531 g/mol. The summed E-state index contributed by atoms with van der Waals surface area (Å²) in [5.74, 6) is 7.26. The van der Waals surface area contributed by atoms with Crippen molar-refractivity contribution in [2.45, 2.75) is 32.9 Å². The van der Waals surface area contributed by atoms with Crippen LogP contribution in [0.3, 0.4) is 0 Å². The van der Waals surface area contributed by atoms with Crippen LogP contribution in [0.4, 0.5) is 24.5 Å². The minimum absolute atomic E-state index is 0.429. The summed E-state index contributed by atoms with van der Waals surface area (Å²) >= 11 is 0. The maximum absolute atomic E-state index is 11.9. The molecule has 10 heteroatoms. The minimum Gasteiger partial charge on any atom is -0.378 e. The lowest BCUT2D eigenvalue weighted by atomic mass is 9.98. The fourth-order valence-electron chi connectivity index (χ4n) is 4.66. The Bertz CT molecular complexity index is 1390. The smallest absolute Gasteiger partial charge is 0.378 e. The van der Waals surface area contributed by atoms with Gasteiger partial charge in [-0.15, -0.1) is 0 Å². The predicted molar refractivity (Wildman–Crippen MR) is 154 cm³/mol. The largest absolute Gasteiger partial charge is 0.433 e. The van der Waals surface area contributed by atoms with E-state index >= 15 is 0 Å². The van der Waals surface area contributed by atoms with Crippen LogP contribution in [0.25, 0.3) is 11.1 Å². The fourth-order valence-corrected chi connectivity index (χ4v) is 4.66. The van der Waals surface area contributed by atoms with Crippen molar-refractivity contribution in [1.82, 2.24) is 15.3 Å². The van der Waals surface area contributed by atoms with Gasteiger partial charge in [0.05, 0.1) is 18.9 Å². The Balaban J connectivity index is 0.000000296. The summed E-state index contributed by atoms with van der Waals surface area (Å²) in [4.78, 5) is 21.1. The molecule has 0 spiro atoms. The Morgan fingerprint density at radius 3 is 2.49 bits per heavy atom. The van der Waals surface area contributed by atoms with E-state index in [1.54, 1.807) is 6.92 Å². The van der Waals surface area contributed by atoms with Gasteiger partial charge in [0.2, 0.25) is 6.41 Å². The molecule has 3 aromatic rings. The molecule has 5 rings (SSSR count). The number of nitrogens with one attached hydrogen (secondary N) is 2. The van der Waals surface area contributed by atoms with Crippen LogP contribution in [-0.2, 0) is 15.7 Å². The summed E-state index contributed by atoms with van der Waals surface area (Å²) < 4.78 is 41.3. The average molecular weight is 566 g/mol. The first-order chi connectivity index (χ1) is 19.7. The predicted octanol–water partition coefficient (Wildman–Crippen LogP) is 5.22. The number of ether oxygens (including phenoxy) is 1. The lowest BCUT2D eigenvalue weighted by Crippen LogP contribution is -2.36. The van der Waals surface area contributed by atoms with Crippen molar-refractivity contribution >= 4 is 17.8 Å². The van der Waals surface area contributed by atoms with E-state index in [-0.39, 0.29) is 0 Å². The molecule has 41 heavy (non-hydrogen) atoms. The van der Waals surface area contributed by atoms with Crippen molar-refractivity contribution in [1.29, 1.82) is 0 Å². The zero-order valence-corrected chi connectivity index (χ0v) is 23.2. The summed E-state index contributed by atoms with van der Waals surface area (Å²) in [6.45, 7) is 8.82. The average Bonchev–Trinajstić information content (AvgIpc) is 2.98. The first-order valence-corrected chi connectivity index (χ1v) is 13.6. The van der Waals surface area contributed by atoms with E-state index in [4.69, 9.17) is 9.72 Å². The molecule has 4 heterocycles. The van der Waals surface area contributed by atoms with E-state index in [1.165, 1.54) is 6.07 Å². The summed E-state index contributed by atoms with van der Waals surface area (Å²) in [5, 5.41) is 6.12. The molecular formula is C31H34F3N5O2. The first kappa shape index (κ1) is 30.0. The van der Waals surface area contributed by atoms with Gasteiger partial charge in [-0.2, -0.15) is 13.2 Å². The van der Waals surface area contributed by atoms with Crippen LogP contribution in [0.5, 0.6) is 0 Å². The van der Waals surface area contributed by atoms with E-state index in [1.807, 2.05) is 24.4 Å². The van der Waals surface area contributed by atoms with Gasteiger partial charge in [-0.25, -0.2) is 4.98 Å². The number of alkyl halides is 3. The fraction of sp³-hybridized carbons (Fsp3) is 0.387. The molecule has 1 amide bonds. The molecule has 0 radical (unpaired) electrons. The first-order valence-electron chi connectivity index (χ1n) is 13.6. The van der Waals surface area contributed by atoms with Gasteiger partial charge in [0, 0.05) is 42.7 Å². The summed E-state index contributed by atoms with van der Waals surface area (Å²) in [5.41, 5.74) is 5.61. The lowest BCUT2D eigenvalue weighted by molar-refractivity contribution is -0.141. The monoisotopic (exact) mass is 565 g/mol. The third-order valence-corrected chi connectivity index (χ3v) is 6.93. The number of anilines is 2. The van der Waals surface area contributed by atoms with Crippen molar-refractivity contribution < 1.29 is 22.7 Å². The molecule has 2 N–H and O–H groups in total. The van der Waals surface area contributed by atoms with Crippen molar-refractivity contribution in [3.8, 4) is 23.0 Å². The van der Waals surface area contributed by atoms with Crippen LogP contribution in [0.2, 0.25) is 0 Å². The highest BCUT2D eigenvalue weighted by Crippen LogP contribution is 2.31. The molecule has 2 aliphatic heterocycles. The number of carbonyl (C=O) groups is 1. The molecule has 2 fully saturated rings. The summed E-state index contributed by atoms with van der Waals surface area (Å²) in [7, 11) is 0. The van der Waals surface area contributed by atoms with Crippen molar-refractivity contribution in [3.63, 3.8) is 0 Å². The van der Waals surface area contributed by atoms with E-state index in [0.717, 1.165) is 85.0 Å². The third kappa shape index (κ3) is 8.52. The maximum Gasteiger partial charge on any atom is 0.433 e. The number of aromatic nitrogens is 2. The van der Waals surface area contributed by atoms with Gasteiger partial charge < -0.3 is 20.3 Å². The highest BCUT2D eigenvalue weighted by atomic mass is 19.4. The van der Waals surface area contributed by atoms with E-state index in [0.29, 0.717) is 31.1 Å². The van der Waals surface area contributed by atoms with E-state index < -0.39 is 11.9 Å². The number of amides is 1. The number of carbonyl (C=O) groups excluding carboxylic acids is 1. The second kappa shape index (κ2) is 14.1. The number of nitrogens with zero attached hydrogens (tertiary/aromatic N) is 3. The van der Waals surface area contributed by atoms with Crippen molar-refractivity contribution in [3.05, 3.63) is 71.3 Å². The second-order valence-corrected chi connectivity index (χ2v) is 9.99. The summed E-state index contributed by atoms with van der Waals surface area (Å²) in [6.07, 6.45) is 1.60. The number of hydrogen-bond acceptors (Lipinski definition) is 6. The molecule has 7 nitrogen and oxygen atoms in total. The van der Waals surface area contributed by atoms with Crippen LogP contribution in [0.15, 0.2) is 48.8 Å². The Labute approximate surface area is 238 Å². The molecule has 0 atom stereocenters. The Kier molecular flexibility index (Phi) is 10.3. The molecule has 216 valence electrons. The highest BCUT2D eigenvalue weighted by molar-refractivity contribution is 5.79. The van der Waals surface area contributed by atoms with Crippen LogP contribution < -0.4 is 15.5 Å². The standard InChI is InChI=1S/C24H28N4O2.C7H6F3N/c1-18-2-4-21(27-17-29)15-22(18)20-14-24(28-10-12-30-13-11-28)23(26-16-20)5-3-19-6-8-25-9-7-19;1-5-2-3-11-6(4-5)7(8,9)10/h2,4,14-17,19,25H,6-13H2,1H3,(H,27,29);2-4H,1H3. The number of halogens is 3. The van der Waals surface area contributed by atoms with Crippen LogP contribution >= 0.6 is 0 Å². The quantitative estimate of drug-likeness (QED) is 0.334. The minimum atomic E-state index is -4.33. The topological polar surface area (TPSA) is 79.4 Å². The van der Waals surface area contributed by atoms with Crippen LogP contribution in [0, 0.1) is 31.6 Å². The number of morpholine rings is 1. The normalized spacial score (nSPS) is 15.7.